The molecule has 1 unspecified atom stereocenters. The molecule has 1 aliphatic rings. The molecular weight excluding hydrogens is 314 g/mol. The van der Waals surface area contributed by atoms with Gasteiger partial charge in [0.25, 0.3) is 0 Å². The quantitative estimate of drug-likeness (QED) is 0.873. The molecule has 1 amide bonds. The highest BCUT2D eigenvalue weighted by Crippen LogP contribution is 2.24. The second kappa shape index (κ2) is 7.14. The molecule has 1 aliphatic heterocycles. The predicted molar refractivity (Wildman–Crippen MR) is 88.6 cm³/mol. The van der Waals surface area contributed by atoms with Gasteiger partial charge in [-0.2, -0.15) is 0 Å². The van der Waals surface area contributed by atoms with Crippen LogP contribution in [0.3, 0.4) is 0 Å². The van der Waals surface area contributed by atoms with Crippen LogP contribution in [0.2, 0.25) is 0 Å². The van der Waals surface area contributed by atoms with Crippen molar-refractivity contribution in [1.29, 1.82) is 0 Å². The number of aromatic nitrogens is 1. The molecule has 6 nitrogen and oxygen atoms in total. The minimum absolute atomic E-state index is 0.0525. The Morgan fingerprint density at radius 1 is 1.43 bits per heavy atom. The van der Waals surface area contributed by atoms with Gasteiger partial charge in [-0.1, -0.05) is 11.3 Å². The fourth-order valence-electron chi connectivity index (χ4n) is 2.95. The Hall–Kier alpha value is -1.86. The largest absolute Gasteiger partial charge is 0.468 e. The third-order valence-corrected chi connectivity index (χ3v) is 5.10. The summed E-state index contributed by atoms with van der Waals surface area (Å²) in [5, 5.41) is 4.71. The van der Waals surface area contributed by atoms with E-state index >= 15 is 0 Å². The lowest BCUT2D eigenvalue weighted by Crippen LogP contribution is -2.38. The molecule has 124 valence electrons. The van der Waals surface area contributed by atoms with E-state index < -0.39 is 0 Å². The predicted octanol–water partition coefficient (Wildman–Crippen LogP) is 1.76. The molecule has 2 aromatic rings. The standard InChI is InChI=1S/C16H21N3O3S/c1-12-11-23-16(21)19(12)10-15(20)17-9-13(14-5-4-8-22-14)18-6-2-3-7-18/h4-5,8,11,13H,2-3,6-7,9-10H2,1H3,(H,17,20). The third-order valence-electron chi connectivity index (χ3n) is 4.22. The summed E-state index contributed by atoms with van der Waals surface area (Å²) in [7, 11) is 0. The van der Waals surface area contributed by atoms with Crippen LogP contribution >= 0.6 is 11.3 Å². The summed E-state index contributed by atoms with van der Waals surface area (Å²) in [5.41, 5.74) is 0.817. The van der Waals surface area contributed by atoms with Gasteiger partial charge >= 0.3 is 4.87 Å². The molecule has 3 rings (SSSR count). The van der Waals surface area contributed by atoms with Crippen LogP contribution in [0.5, 0.6) is 0 Å². The first kappa shape index (κ1) is 16.0. The molecule has 1 fully saturated rings. The SMILES string of the molecule is Cc1csc(=O)n1CC(=O)NCC(c1ccco1)N1CCCC1. The van der Waals surface area contributed by atoms with E-state index in [1.165, 1.54) is 17.4 Å². The highest BCUT2D eigenvalue weighted by molar-refractivity contribution is 7.07. The van der Waals surface area contributed by atoms with E-state index in [0.717, 1.165) is 35.9 Å². The first-order chi connectivity index (χ1) is 11.1. The summed E-state index contributed by atoms with van der Waals surface area (Å²) in [6.07, 6.45) is 4.01. The average Bonchev–Trinajstić information content (AvgIpc) is 3.27. The van der Waals surface area contributed by atoms with Gasteiger partial charge in [0.15, 0.2) is 0 Å². The third kappa shape index (κ3) is 3.73. The fraction of sp³-hybridized carbons (Fsp3) is 0.500. The van der Waals surface area contributed by atoms with Crippen molar-refractivity contribution >= 4 is 17.2 Å². The van der Waals surface area contributed by atoms with E-state index in [4.69, 9.17) is 4.42 Å². The summed E-state index contributed by atoms with van der Waals surface area (Å²) in [5.74, 6) is 0.723. The van der Waals surface area contributed by atoms with E-state index in [1.54, 1.807) is 11.6 Å². The van der Waals surface area contributed by atoms with Gasteiger partial charge in [0.05, 0.1) is 12.3 Å². The summed E-state index contributed by atoms with van der Waals surface area (Å²) in [6.45, 7) is 4.43. The molecule has 0 aliphatic carbocycles. The summed E-state index contributed by atoms with van der Waals surface area (Å²) in [6, 6.07) is 3.87. The molecule has 0 spiro atoms. The Labute approximate surface area is 138 Å². The molecule has 1 saturated heterocycles. The maximum atomic E-state index is 12.2. The number of nitrogens with zero attached hydrogens (tertiary/aromatic N) is 2. The number of likely N-dealkylation sites (tertiary alicyclic amines) is 1. The van der Waals surface area contributed by atoms with Crippen molar-refractivity contribution in [3.63, 3.8) is 0 Å². The minimum Gasteiger partial charge on any atom is -0.468 e. The Morgan fingerprint density at radius 3 is 2.83 bits per heavy atom. The molecule has 7 heteroatoms. The molecule has 0 aromatic carbocycles. The van der Waals surface area contributed by atoms with Crippen molar-refractivity contribution in [2.45, 2.75) is 32.4 Å². The van der Waals surface area contributed by atoms with Gasteiger partial charge < -0.3 is 9.73 Å². The number of furan rings is 1. The second-order valence-corrected chi connectivity index (χ2v) is 6.63. The number of nitrogens with one attached hydrogen (secondary N) is 1. The van der Waals surface area contributed by atoms with Crippen molar-refractivity contribution < 1.29 is 9.21 Å². The topological polar surface area (TPSA) is 67.5 Å². The van der Waals surface area contributed by atoms with Gasteiger partial charge in [-0.15, -0.1) is 0 Å². The van der Waals surface area contributed by atoms with Crippen molar-refractivity contribution in [1.82, 2.24) is 14.8 Å². The van der Waals surface area contributed by atoms with Crippen LogP contribution in [-0.2, 0) is 11.3 Å². The number of hydrogen-bond donors (Lipinski definition) is 1. The molecular formula is C16H21N3O3S. The van der Waals surface area contributed by atoms with Crippen molar-refractivity contribution in [3.8, 4) is 0 Å². The first-order valence-corrected chi connectivity index (χ1v) is 8.72. The molecule has 3 heterocycles. The maximum Gasteiger partial charge on any atom is 0.307 e. The van der Waals surface area contributed by atoms with Crippen LogP contribution in [0, 0.1) is 6.92 Å². The second-order valence-electron chi connectivity index (χ2n) is 5.81. The zero-order valence-electron chi connectivity index (χ0n) is 13.2. The number of thiazole rings is 1. The number of carbonyl (C=O) groups excluding carboxylic acids is 1. The Bertz CT molecular complexity index is 698. The zero-order valence-corrected chi connectivity index (χ0v) is 14.0. The van der Waals surface area contributed by atoms with Gasteiger partial charge in [-0.3, -0.25) is 19.1 Å². The number of hydrogen-bond acceptors (Lipinski definition) is 5. The Kier molecular flexibility index (Phi) is 4.97. The van der Waals surface area contributed by atoms with Crippen LogP contribution in [0.15, 0.2) is 33.0 Å². The molecule has 1 N–H and O–H groups in total. The van der Waals surface area contributed by atoms with Gasteiger partial charge in [0.1, 0.15) is 12.3 Å². The summed E-state index contributed by atoms with van der Waals surface area (Å²) < 4.78 is 7.04. The monoisotopic (exact) mass is 335 g/mol. The van der Waals surface area contributed by atoms with E-state index in [-0.39, 0.29) is 23.4 Å². The van der Waals surface area contributed by atoms with Gasteiger partial charge in [0.2, 0.25) is 5.91 Å². The number of aryl methyl sites for hydroxylation is 1. The van der Waals surface area contributed by atoms with Crippen molar-refractivity contribution in [3.05, 3.63) is 44.9 Å². The van der Waals surface area contributed by atoms with Gasteiger partial charge in [-0.25, -0.2) is 0 Å². The van der Waals surface area contributed by atoms with E-state index in [1.807, 2.05) is 19.1 Å². The lowest BCUT2D eigenvalue weighted by molar-refractivity contribution is -0.122. The Balaban J connectivity index is 1.62. The lowest BCUT2D eigenvalue weighted by Gasteiger charge is -2.26. The van der Waals surface area contributed by atoms with Crippen LogP contribution in [0.4, 0.5) is 0 Å². The van der Waals surface area contributed by atoms with Crippen LogP contribution in [-0.4, -0.2) is 35.0 Å². The minimum atomic E-state index is -0.149. The van der Waals surface area contributed by atoms with Crippen molar-refractivity contribution in [2.75, 3.05) is 19.6 Å². The van der Waals surface area contributed by atoms with Gasteiger partial charge in [-0.05, 0) is 45.0 Å². The maximum absolute atomic E-state index is 12.2. The Morgan fingerprint density at radius 2 is 2.22 bits per heavy atom. The highest BCUT2D eigenvalue weighted by Gasteiger charge is 2.26. The van der Waals surface area contributed by atoms with Crippen LogP contribution < -0.4 is 10.2 Å². The van der Waals surface area contributed by atoms with Crippen molar-refractivity contribution in [2.24, 2.45) is 0 Å². The molecule has 2 aromatic heterocycles. The smallest absolute Gasteiger partial charge is 0.307 e. The molecule has 0 bridgehead atoms. The van der Waals surface area contributed by atoms with Gasteiger partial charge in [0, 0.05) is 17.6 Å². The van der Waals surface area contributed by atoms with E-state index in [9.17, 15) is 9.59 Å². The van der Waals surface area contributed by atoms with E-state index in [2.05, 4.69) is 10.2 Å². The normalized spacial score (nSPS) is 16.6. The van der Waals surface area contributed by atoms with E-state index in [0.29, 0.717) is 6.54 Å². The fourth-order valence-corrected chi connectivity index (χ4v) is 3.68. The molecule has 1 atom stereocenters. The molecule has 0 radical (unpaired) electrons. The molecule has 23 heavy (non-hydrogen) atoms. The summed E-state index contributed by atoms with van der Waals surface area (Å²) >= 11 is 1.12. The number of rotatable bonds is 6. The zero-order chi connectivity index (χ0) is 16.2. The van der Waals surface area contributed by atoms with Crippen LogP contribution in [0.1, 0.15) is 30.3 Å². The number of carbonyl (C=O) groups is 1. The molecule has 0 saturated carbocycles. The summed E-state index contributed by atoms with van der Waals surface area (Å²) in [4.78, 5) is 26.1. The highest BCUT2D eigenvalue weighted by atomic mass is 32.1. The average molecular weight is 335 g/mol. The first-order valence-electron chi connectivity index (χ1n) is 7.84. The number of amides is 1. The van der Waals surface area contributed by atoms with Crippen LogP contribution in [0.25, 0.3) is 0 Å². The lowest BCUT2D eigenvalue weighted by atomic mass is 10.2.